The molecule has 0 aromatic carbocycles. The SMILES string of the molecule is CS(=O)(=O)CCC(=O)N1C[C@H]2CC[C@@H]1CN(Cc1cscn1)C2. The van der Waals surface area contributed by atoms with E-state index >= 15 is 0 Å². The fourth-order valence-electron chi connectivity index (χ4n) is 3.57. The Bertz CT molecular complexity index is 645. The summed E-state index contributed by atoms with van der Waals surface area (Å²) in [6.07, 6.45) is 3.45. The van der Waals surface area contributed by atoms with E-state index in [1.807, 2.05) is 10.4 Å². The first-order valence-electron chi connectivity index (χ1n) is 7.97. The van der Waals surface area contributed by atoms with Crippen LogP contribution in [0.15, 0.2) is 10.9 Å². The van der Waals surface area contributed by atoms with E-state index in [1.165, 1.54) is 6.26 Å². The van der Waals surface area contributed by atoms with Crippen molar-refractivity contribution in [3.63, 3.8) is 0 Å². The molecule has 1 aromatic rings. The topological polar surface area (TPSA) is 70.6 Å². The maximum Gasteiger partial charge on any atom is 0.223 e. The summed E-state index contributed by atoms with van der Waals surface area (Å²) in [5.74, 6) is 0.414. The van der Waals surface area contributed by atoms with Gasteiger partial charge in [-0.1, -0.05) is 0 Å². The van der Waals surface area contributed by atoms with Crippen molar-refractivity contribution in [3.8, 4) is 0 Å². The number of rotatable bonds is 5. The van der Waals surface area contributed by atoms with Crippen LogP contribution in [-0.2, 0) is 21.2 Å². The van der Waals surface area contributed by atoms with Crippen LogP contribution < -0.4 is 0 Å². The van der Waals surface area contributed by atoms with Crippen LogP contribution in [0, 0.1) is 5.92 Å². The highest BCUT2D eigenvalue weighted by atomic mass is 32.2. The van der Waals surface area contributed by atoms with Crippen molar-refractivity contribution < 1.29 is 13.2 Å². The summed E-state index contributed by atoms with van der Waals surface area (Å²) in [6.45, 7) is 3.45. The third-order valence-corrected chi connectivity index (χ3v) is 6.25. The Morgan fingerprint density at radius 3 is 2.87 bits per heavy atom. The van der Waals surface area contributed by atoms with Crippen molar-refractivity contribution in [2.75, 3.05) is 31.6 Å². The zero-order valence-corrected chi connectivity index (χ0v) is 15.0. The lowest BCUT2D eigenvalue weighted by atomic mass is 9.95. The van der Waals surface area contributed by atoms with Gasteiger partial charge in [0.1, 0.15) is 9.84 Å². The molecule has 2 atom stereocenters. The molecule has 0 radical (unpaired) electrons. The van der Waals surface area contributed by atoms with Crippen LogP contribution in [0.4, 0.5) is 0 Å². The zero-order valence-electron chi connectivity index (χ0n) is 13.3. The predicted octanol–water partition coefficient (Wildman–Crippen LogP) is 1.00. The van der Waals surface area contributed by atoms with Gasteiger partial charge in [0.15, 0.2) is 0 Å². The van der Waals surface area contributed by atoms with E-state index in [0.29, 0.717) is 5.92 Å². The molecule has 3 aliphatic heterocycles. The predicted molar refractivity (Wildman–Crippen MR) is 89.9 cm³/mol. The lowest BCUT2D eigenvalue weighted by molar-refractivity contribution is -0.134. The van der Waals surface area contributed by atoms with Crippen LogP contribution in [0.3, 0.4) is 0 Å². The number of thiazole rings is 1. The Morgan fingerprint density at radius 1 is 1.35 bits per heavy atom. The summed E-state index contributed by atoms with van der Waals surface area (Å²) in [6, 6.07) is 0.208. The number of sulfone groups is 1. The van der Waals surface area contributed by atoms with Crippen LogP contribution in [0.1, 0.15) is 25.0 Å². The first-order valence-corrected chi connectivity index (χ1v) is 11.0. The molecule has 0 saturated carbocycles. The Kier molecular flexibility index (Phi) is 5.03. The molecule has 3 aliphatic rings. The average molecular weight is 358 g/mol. The molecular formula is C15H23N3O3S2. The number of aromatic nitrogens is 1. The summed E-state index contributed by atoms with van der Waals surface area (Å²) < 4.78 is 22.6. The lowest BCUT2D eigenvalue weighted by Gasteiger charge is -2.36. The molecule has 4 heterocycles. The minimum absolute atomic E-state index is 0.0133. The van der Waals surface area contributed by atoms with Gasteiger partial charge in [0.25, 0.3) is 0 Å². The fraction of sp³-hybridized carbons (Fsp3) is 0.733. The summed E-state index contributed by atoms with van der Waals surface area (Å²) in [7, 11) is -3.09. The van der Waals surface area contributed by atoms with E-state index in [1.54, 1.807) is 11.3 Å². The standard InChI is InChI=1S/C15H23N3O3S2/c1-23(20,21)5-4-15(19)18-7-12-2-3-14(18)9-17(6-12)8-13-10-22-11-16-13/h10-12,14H,2-9H2,1H3/t12-,14+/m0/s1. The minimum Gasteiger partial charge on any atom is -0.338 e. The monoisotopic (exact) mass is 357 g/mol. The number of piperidine rings is 1. The van der Waals surface area contributed by atoms with E-state index < -0.39 is 9.84 Å². The van der Waals surface area contributed by atoms with Crippen LogP contribution >= 0.6 is 11.3 Å². The quantitative estimate of drug-likeness (QED) is 0.786. The Morgan fingerprint density at radius 2 is 2.17 bits per heavy atom. The Labute approximate surface area is 141 Å². The second kappa shape index (κ2) is 6.86. The van der Waals surface area contributed by atoms with Gasteiger partial charge in [-0.3, -0.25) is 9.69 Å². The van der Waals surface area contributed by atoms with E-state index in [2.05, 4.69) is 15.3 Å². The number of hydrogen-bond acceptors (Lipinski definition) is 6. The highest BCUT2D eigenvalue weighted by Crippen LogP contribution is 2.29. The van der Waals surface area contributed by atoms with Gasteiger partial charge in [-0.2, -0.15) is 0 Å². The molecule has 6 nitrogen and oxygen atoms in total. The largest absolute Gasteiger partial charge is 0.338 e. The molecule has 4 rings (SSSR count). The number of fused-ring (bicyclic) bond motifs is 4. The van der Waals surface area contributed by atoms with Crippen LogP contribution in [0.5, 0.6) is 0 Å². The van der Waals surface area contributed by atoms with Crippen molar-refractivity contribution in [1.29, 1.82) is 0 Å². The van der Waals surface area contributed by atoms with Gasteiger partial charge in [-0.25, -0.2) is 13.4 Å². The van der Waals surface area contributed by atoms with E-state index in [4.69, 9.17) is 0 Å². The molecule has 3 fully saturated rings. The second-order valence-electron chi connectivity index (χ2n) is 6.70. The molecular weight excluding hydrogens is 334 g/mol. The maximum atomic E-state index is 12.4. The van der Waals surface area contributed by atoms with Crippen molar-refractivity contribution in [2.45, 2.75) is 31.8 Å². The molecule has 8 heteroatoms. The van der Waals surface area contributed by atoms with Gasteiger partial charge in [-0.15, -0.1) is 11.3 Å². The third kappa shape index (κ3) is 4.51. The van der Waals surface area contributed by atoms with E-state index in [9.17, 15) is 13.2 Å². The average Bonchev–Trinajstić information content (AvgIpc) is 2.83. The molecule has 0 aliphatic carbocycles. The van der Waals surface area contributed by atoms with Gasteiger partial charge in [0.2, 0.25) is 5.91 Å². The second-order valence-corrected chi connectivity index (χ2v) is 9.68. The van der Waals surface area contributed by atoms with Crippen molar-refractivity contribution in [3.05, 3.63) is 16.6 Å². The molecule has 2 bridgehead atoms. The van der Waals surface area contributed by atoms with Gasteiger partial charge >= 0.3 is 0 Å². The van der Waals surface area contributed by atoms with Gasteiger partial charge in [0.05, 0.1) is 17.0 Å². The molecule has 1 amide bonds. The summed E-state index contributed by atoms with van der Waals surface area (Å²) in [5.41, 5.74) is 2.94. The first kappa shape index (κ1) is 16.9. The normalized spacial score (nSPS) is 25.5. The highest BCUT2D eigenvalue weighted by molar-refractivity contribution is 7.90. The molecule has 0 unspecified atom stereocenters. The Balaban J connectivity index is 1.63. The molecule has 3 saturated heterocycles. The van der Waals surface area contributed by atoms with Crippen LogP contribution in [-0.4, -0.2) is 66.8 Å². The number of amides is 1. The van der Waals surface area contributed by atoms with Crippen LogP contribution in [0.25, 0.3) is 0 Å². The molecule has 128 valence electrons. The fourth-order valence-corrected chi connectivity index (χ4v) is 4.67. The lowest BCUT2D eigenvalue weighted by Crippen LogP contribution is -2.47. The Hall–Kier alpha value is -0.990. The molecule has 0 N–H and O–H groups in total. The molecule has 0 spiro atoms. The van der Waals surface area contributed by atoms with Gasteiger partial charge < -0.3 is 4.90 Å². The molecule has 1 aromatic heterocycles. The summed E-state index contributed by atoms with van der Waals surface area (Å²) in [4.78, 5) is 21.1. The van der Waals surface area contributed by atoms with Crippen LogP contribution in [0.2, 0.25) is 0 Å². The number of nitrogens with zero attached hydrogens (tertiary/aromatic N) is 3. The van der Waals surface area contributed by atoms with E-state index in [-0.39, 0.29) is 24.1 Å². The summed E-state index contributed by atoms with van der Waals surface area (Å²) in [5, 5.41) is 2.07. The number of carbonyl (C=O) groups is 1. The smallest absolute Gasteiger partial charge is 0.223 e. The minimum atomic E-state index is -3.09. The van der Waals surface area contributed by atoms with Crippen molar-refractivity contribution in [2.24, 2.45) is 5.92 Å². The van der Waals surface area contributed by atoms with Gasteiger partial charge in [-0.05, 0) is 18.8 Å². The zero-order chi connectivity index (χ0) is 16.4. The third-order valence-electron chi connectivity index (χ3n) is 4.67. The number of hydrogen-bond donors (Lipinski definition) is 0. The van der Waals surface area contributed by atoms with Gasteiger partial charge in [0, 0.05) is 50.3 Å². The number of carbonyl (C=O) groups excluding carboxylic acids is 1. The first-order chi connectivity index (χ1) is 10.9. The summed E-state index contributed by atoms with van der Waals surface area (Å²) >= 11 is 1.61. The highest BCUT2D eigenvalue weighted by Gasteiger charge is 2.37. The van der Waals surface area contributed by atoms with Crippen molar-refractivity contribution >= 4 is 27.1 Å². The maximum absolute atomic E-state index is 12.4. The molecule has 23 heavy (non-hydrogen) atoms. The van der Waals surface area contributed by atoms with Crippen molar-refractivity contribution in [1.82, 2.24) is 14.8 Å². The van der Waals surface area contributed by atoms with E-state index in [0.717, 1.165) is 44.7 Å².